The van der Waals surface area contributed by atoms with Crippen molar-refractivity contribution in [2.45, 2.75) is 58.5 Å². The van der Waals surface area contributed by atoms with Gasteiger partial charge >= 0.3 is 0 Å². The minimum atomic E-state index is -0.0416. The van der Waals surface area contributed by atoms with Crippen LogP contribution in [0.5, 0.6) is 11.5 Å². The van der Waals surface area contributed by atoms with Crippen LogP contribution in [0.2, 0.25) is 0 Å². The summed E-state index contributed by atoms with van der Waals surface area (Å²) in [6.45, 7) is 6.61. The van der Waals surface area contributed by atoms with Crippen LogP contribution in [0.25, 0.3) is 0 Å². The molecule has 0 amide bonds. The number of aromatic hydroxyl groups is 2. The Kier molecular flexibility index (Phi) is 4.04. The van der Waals surface area contributed by atoms with Crippen molar-refractivity contribution in [1.29, 1.82) is 0 Å². The topological polar surface area (TPSA) is 52.5 Å². The van der Waals surface area contributed by atoms with Crippen LogP contribution in [0.15, 0.2) is 18.2 Å². The van der Waals surface area contributed by atoms with Gasteiger partial charge in [0.1, 0.15) is 11.5 Å². The maximum Gasteiger partial charge on any atom is 0.124 e. The Morgan fingerprint density at radius 2 is 1.89 bits per heavy atom. The third-order valence-electron chi connectivity index (χ3n) is 4.18. The van der Waals surface area contributed by atoms with Gasteiger partial charge in [-0.3, -0.25) is 0 Å². The van der Waals surface area contributed by atoms with Gasteiger partial charge in [-0.25, -0.2) is 0 Å². The van der Waals surface area contributed by atoms with E-state index in [4.69, 9.17) is 0 Å². The molecule has 1 fully saturated rings. The molecule has 2 unspecified atom stereocenters. The molecule has 3 nitrogen and oxygen atoms in total. The molecule has 106 valence electrons. The highest BCUT2D eigenvalue weighted by Crippen LogP contribution is 2.37. The van der Waals surface area contributed by atoms with Gasteiger partial charge in [0, 0.05) is 12.1 Å². The zero-order valence-electron chi connectivity index (χ0n) is 12.1. The Labute approximate surface area is 115 Å². The molecule has 0 radical (unpaired) electrons. The summed E-state index contributed by atoms with van der Waals surface area (Å²) in [5, 5.41) is 23.3. The zero-order chi connectivity index (χ0) is 14.0. The highest BCUT2D eigenvalue weighted by molar-refractivity contribution is 5.44. The number of hydrogen-bond donors (Lipinski definition) is 3. The number of benzene rings is 1. The smallest absolute Gasteiger partial charge is 0.124 e. The molecule has 2 atom stereocenters. The molecule has 19 heavy (non-hydrogen) atoms. The molecule has 0 heterocycles. The van der Waals surface area contributed by atoms with Gasteiger partial charge in [-0.2, -0.15) is 0 Å². The zero-order valence-corrected chi connectivity index (χ0v) is 12.1. The standard InChI is InChI=1S/C16H25NO2/c1-11(15-13(18)7-4-8-14(15)19)17-12-6-5-9-16(2,3)10-12/h4,7-8,11-12,17-19H,5-6,9-10H2,1-3H3. The third-order valence-corrected chi connectivity index (χ3v) is 4.18. The molecule has 2 rings (SSSR count). The van der Waals surface area contributed by atoms with Gasteiger partial charge in [0.25, 0.3) is 0 Å². The lowest BCUT2D eigenvalue weighted by atomic mass is 9.75. The summed E-state index contributed by atoms with van der Waals surface area (Å²) in [7, 11) is 0. The second-order valence-corrected chi connectivity index (χ2v) is 6.56. The first-order valence-electron chi connectivity index (χ1n) is 7.16. The molecular formula is C16H25NO2. The fraction of sp³-hybridized carbons (Fsp3) is 0.625. The molecule has 1 saturated carbocycles. The highest BCUT2D eigenvalue weighted by Gasteiger charge is 2.29. The first-order chi connectivity index (χ1) is 8.89. The summed E-state index contributed by atoms with van der Waals surface area (Å²) >= 11 is 0. The van der Waals surface area contributed by atoms with E-state index in [9.17, 15) is 10.2 Å². The van der Waals surface area contributed by atoms with Crippen molar-refractivity contribution in [1.82, 2.24) is 5.32 Å². The van der Waals surface area contributed by atoms with E-state index >= 15 is 0 Å². The Morgan fingerprint density at radius 3 is 2.47 bits per heavy atom. The van der Waals surface area contributed by atoms with Gasteiger partial charge in [0.2, 0.25) is 0 Å². The van der Waals surface area contributed by atoms with E-state index in [1.54, 1.807) is 18.2 Å². The summed E-state index contributed by atoms with van der Waals surface area (Å²) < 4.78 is 0. The van der Waals surface area contributed by atoms with E-state index in [1.807, 2.05) is 6.92 Å². The molecule has 3 N–H and O–H groups in total. The quantitative estimate of drug-likeness (QED) is 0.779. The maximum absolute atomic E-state index is 9.89. The molecule has 0 saturated heterocycles. The molecule has 3 heteroatoms. The lowest BCUT2D eigenvalue weighted by Gasteiger charge is -2.37. The molecule has 0 spiro atoms. The van der Waals surface area contributed by atoms with Gasteiger partial charge < -0.3 is 15.5 Å². The number of hydrogen-bond acceptors (Lipinski definition) is 3. The maximum atomic E-state index is 9.89. The first kappa shape index (κ1) is 14.2. The second kappa shape index (κ2) is 5.41. The minimum absolute atomic E-state index is 0.0416. The van der Waals surface area contributed by atoms with E-state index in [0.29, 0.717) is 17.0 Å². The first-order valence-corrected chi connectivity index (χ1v) is 7.16. The van der Waals surface area contributed by atoms with Gasteiger partial charge in [-0.15, -0.1) is 0 Å². The fourth-order valence-electron chi connectivity index (χ4n) is 3.26. The van der Waals surface area contributed by atoms with E-state index in [1.165, 1.54) is 19.3 Å². The third kappa shape index (κ3) is 3.41. The Bertz CT molecular complexity index is 422. The normalized spacial score (nSPS) is 24.1. The number of phenols is 2. The summed E-state index contributed by atoms with van der Waals surface area (Å²) in [6, 6.07) is 5.32. The van der Waals surface area contributed by atoms with Crippen molar-refractivity contribution in [2.24, 2.45) is 5.41 Å². The highest BCUT2D eigenvalue weighted by atomic mass is 16.3. The monoisotopic (exact) mass is 263 g/mol. The lowest BCUT2D eigenvalue weighted by molar-refractivity contribution is 0.190. The fourth-order valence-corrected chi connectivity index (χ4v) is 3.26. The Balaban J connectivity index is 2.07. The minimum Gasteiger partial charge on any atom is -0.507 e. The van der Waals surface area contributed by atoms with Gasteiger partial charge in [-0.05, 0) is 43.7 Å². The van der Waals surface area contributed by atoms with Crippen molar-refractivity contribution in [2.75, 3.05) is 0 Å². The van der Waals surface area contributed by atoms with Gasteiger partial charge in [-0.1, -0.05) is 26.3 Å². The molecule has 0 bridgehead atoms. The van der Waals surface area contributed by atoms with E-state index in [0.717, 1.165) is 6.42 Å². The van der Waals surface area contributed by atoms with Crippen LogP contribution in [0, 0.1) is 5.41 Å². The van der Waals surface area contributed by atoms with Crippen LogP contribution in [0.1, 0.15) is 58.1 Å². The Hall–Kier alpha value is -1.22. The predicted molar refractivity (Wildman–Crippen MR) is 77.4 cm³/mol. The molecule has 1 aromatic carbocycles. The van der Waals surface area contributed by atoms with Crippen LogP contribution in [-0.4, -0.2) is 16.3 Å². The number of phenolic OH excluding ortho intramolecular Hbond substituents is 2. The number of rotatable bonds is 3. The predicted octanol–water partition coefficient (Wildman–Crippen LogP) is 3.72. The van der Waals surface area contributed by atoms with Crippen LogP contribution in [0.4, 0.5) is 0 Å². The van der Waals surface area contributed by atoms with Crippen molar-refractivity contribution >= 4 is 0 Å². The average molecular weight is 263 g/mol. The summed E-state index contributed by atoms with van der Waals surface area (Å²) in [6.07, 6.45) is 4.83. The summed E-state index contributed by atoms with van der Waals surface area (Å²) in [4.78, 5) is 0. The van der Waals surface area contributed by atoms with Crippen LogP contribution >= 0.6 is 0 Å². The van der Waals surface area contributed by atoms with Crippen LogP contribution < -0.4 is 5.32 Å². The van der Waals surface area contributed by atoms with Crippen molar-refractivity contribution in [3.63, 3.8) is 0 Å². The van der Waals surface area contributed by atoms with Crippen molar-refractivity contribution in [3.05, 3.63) is 23.8 Å². The van der Waals surface area contributed by atoms with Crippen LogP contribution in [0.3, 0.4) is 0 Å². The largest absolute Gasteiger partial charge is 0.507 e. The average Bonchev–Trinajstić information content (AvgIpc) is 2.27. The van der Waals surface area contributed by atoms with E-state index in [-0.39, 0.29) is 17.5 Å². The SMILES string of the molecule is CC(NC1CCCC(C)(C)C1)c1c(O)cccc1O. The van der Waals surface area contributed by atoms with E-state index in [2.05, 4.69) is 19.2 Å². The van der Waals surface area contributed by atoms with Crippen LogP contribution in [-0.2, 0) is 0 Å². The molecule has 1 aromatic rings. The van der Waals surface area contributed by atoms with E-state index < -0.39 is 0 Å². The van der Waals surface area contributed by atoms with Gasteiger partial charge in [0.15, 0.2) is 0 Å². The summed E-state index contributed by atoms with van der Waals surface area (Å²) in [5.41, 5.74) is 0.988. The Morgan fingerprint density at radius 1 is 1.26 bits per heavy atom. The summed E-state index contributed by atoms with van der Waals surface area (Å²) in [5.74, 6) is 0.324. The molecular weight excluding hydrogens is 238 g/mol. The van der Waals surface area contributed by atoms with Crippen molar-refractivity contribution in [3.8, 4) is 11.5 Å². The number of nitrogens with one attached hydrogen (secondary N) is 1. The second-order valence-electron chi connectivity index (χ2n) is 6.56. The molecule has 0 aliphatic heterocycles. The van der Waals surface area contributed by atoms with Crippen molar-refractivity contribution < 1.29 is 10.2 Å². The molecule has 1 aliphatic carbocycles. The lowest BCUT2D eigenvalue weighted by Crippen LogP contribution is -2.38. The molecule has 1 aliphatic rings. The molecule has 0 aromatic heterocycles. The van der Waals surface area contributed by atoms with Gasteiger partial charge in [0.05, 0.1) is 5.56 Å².